The first-order valence-electron chi connectivity index (χ1n) is 6.79. The van der Waals surface area contributed by atoms with Gasteiger partial charge in [-0.3, -0.25) is 4.79 Å². The summed E-state index contributed by atoms with van der Waals surface area (Å²) in [5, 5.41) is 5.08. The number of alkyl carbamates (subject to hydrolysis) is 1. The zero-order chi connectivity index (χ0) is 16.8. The number of thiol groups is 1. The van der Waals surface area contributed by atoms with Crippen molar-refractivity contribution in [3.8, 4) is 5.75 Å². The molecule has 22 heavy (non-hydrogen) atoms. The van der Waals surface area contributed by atoms with E-state index in [0.717, 1.165) is 5.56 Å². The summed E-state index contributed by atoms with van der Waals surface area (Å²) in [5.74, 6) is 0.708. The van der Waals surface area contributed by atoms with E-state index >= 15 is 0 Å². The fourth-order valence-corrected chi connectivity index (χ4v) is 1.81. The minimum absolute atomic E-state index is 0.191. The molecule has 0 saturated carbocycles. The van der Waals surface area contributed by atoms with Gasteiger partial charge in [-0.15, -0.1) is 0 Å². The highest BCUT2D eigenvalue weighted by Gasteiger charge is 2.17. The molecule has 1 aromatic carbocycles. The van der Waals surface area contributed by atoms with Crippen molar-refractivity contribution < 1.29 is 19.1 Å². The van der Waals surface area contributed by atoms with Crippen LogP contribution in [-0.2, 0) is 15.3 Å². The zero-order valence-corrected chi connectivity index (χ0v) is 14.1. The molecule has 1 rings (SSSR count). The average Bonchev–Trinajstić information content (AvgIpc) is 2.43. The number of amides is 2. The van der Waals surface area contributed by atoms with E-state index < -0.39 is 11.7 Å². The summed E-state index contributed by atoms with van der Waals surface area (Å²) in [6.07, 6.45) is -0.640. The Morgan fingerprint density at radius 1 is 1.27 bits per heavy atom. The molecule has 122 valence electrons. The molecule has 0 spiro atoms. The fourth-order valence-electron chi connectivity index (χ4n) is 1.61. The summed E-state index contributed by atoms with van der Waals surface area (Å²) >= 11 is 4.19. The average molecular weight is 326 g/mol. The first kappa shape index (κ1) is 18.2. The number of hydrogen-bond acceptors (Lipinski definition) is 5. The maximum atomic E-state index is 11.9. The van der Waals surface area contributed by atoms with Gasteiger partial charge in [0.2, 0.25) is 5.91 Å². The Labute approximate surface area is 136 Å². The topological polar surface area (TPSA) is 76.7 Å². The van der Waals surface area contributed by atoms with Crippen molar-refractivity contribution in [2.45, 2.75) is 32.1 Å². The molecule has 0 aromatic heterocycles. The van der Waals surface area contributed by atoms with Gasteiger partial charge in [-0.2, -0.15) is 12.6 Å². The molecule has 2 N–H and O–H groups in total. The molecule has 0 aliphatic heterocycles. The van der Waals surface area contributed by atoms with Crippen LogP contribution >= 0.6 is 12.6 Å². The molecule has 1 aromatic rings. The number of hydrogen-bond donors (Lipinski definition) is 3. The maximum Gasteiger partial charge on any atom is 0.408 e. The molecule has 2 amide bonds. The lowest BCUT2D eigenvalue weighted by molar-refractivity contribution is -0.115. The number of ether oxygens (including phenoxy) is 2. The highest BCUT2D eigenvalue weighted by atomic mass is 32.1. The molecule has 0 atom stereocenters. The summed E-state index contributed by atoms with van der Waals surface area (Å²) < 4.78 is 10.2. The van der Waals surface area contributed by atoms with E-state index in [1.54, 1.807) is 32.9 Å². The molecule has 7 heteroatoms. The van der Waals surface area contributed by atoms with Crippen molar-refractivity contribution in [2.24, 2.45) is 0 Å². The van der Waals surface area contributed by atoms with E-state index in [-0.39, 0.29) is 12.5 Å². The number of carbonyl (C=O) groups is 2. The minimum Gasteiger partial charge on any atom is -0.495 e. The van der Waals surface area contributed by atoms with Crippen molar-refractivity contribution in [3.63, 3.8) is 0 Å². The normalized spacial score (nSPS) is 10.8. The van der Waals surface area contributed by atoms with Gasteiger partial charge in [-0.1, -0.05) is 6.07 Å². The maximum absolute atomic E-state index is 11.9. The summed E-state index contributed by atoms with van der Waals surface area (Å²) in [7, 11) is 1.52. The van der Waals surface area contributed by atoms with Gasteiger partial charge in [0, 0.05) is 5.75 Å². The van der Waals surface area contributed by atoms with Gasteiger partial charge in [-0.05, 0) is 38.5 Å². The van der Waals surface area contributed by atoms with E-state index in [1.807, 2.05) is 6.07 Å². The van der Waals surface area contributed by atoms with Gasteiger partial charge in [0.15, 0.2) is 0 Å². The quantitative estimate of drug-likeness (QED) is 0.727. The lowest BCUT2D eigenvalue weighted by Gasteiger charge is -2.19. The zero-order valence-electron chi connectivity index (χ0n) is 13.2. The van der Waals surface area contributed by atoms with Crippen LogP contribution in [0.3, 0.4) is 0 Å². The van der Waals surface area contributed by atoms with E-state index in [9.17, 15) is 9.59 Å². The second-order valence-electron chi connectivity index (χ2n) is 5.60. The molecule has 0 unspecified atom stereocenters. The van der Waals surface area contributed by atoms with Crippen LogP contribution in [0.2, 0.25) is 0 Å². The molecular formula is C15H22N2O4S. The smallest absolute Gasteiger partial charge is 0.408 e. The molecule has 0 saturated heterocycles. The van der Waals surface area contributed by atoms with Crippen molar-refractivity contribution >= 4 is 30.3 Å². The van der Waals surface area contributed by atoms with Crippen LogP contribution in [0, 0.1) is 0 Å². The number of nitrogens with one attached hydrogen (secondary N) is 2. The standard InChI is InChI=1S/C15H22N2O4S/c1-15(2,3)21-14(19)16-8-13(18)17-11-7-10(9-22)5-6-12(11)20-4/h5-7,22H,8-9H2,1-4H3,(H,16,19)(H,17,18). The van der Waals surface area contributed by atoms with Gasteiger partial charge in [0.05, 0.1) is 12.8 Å². The van der Waals surface area contributed by atoms with E-state index in [1.165, 1.54) is 7.11 Å². The molecule has 0 bridgehead atoms. The molecule has 0 radical (unpaired) electrons. The fraction of sp³-hybridized carbons (Fsp3) is 0.467. The van der Waals surface area contributed by atoms with Gasteiger partial charge < -0.3 is 20.1 Å². The number of carbonyl (C=O) groups excluding carboxylic acids is 2. The van der Waals surface area contributed by atoms with Crippen LogP contribution in [0.5, 0.6) is 5.75 Å². The number of methoxy groups -OCH3 is 1. The Hall–Kier alpha value is -1.89. The Morgan fingerprint density at radius 2 is 1.95 bits per heavy atom. The lowest BCUT2D eigenvalue weighted by Crippen LogP contribution is -2.37. The van der Waals surface area contributed by atoms with Gasteiger partial charge >= 0.3 is 6.09 Å². The molecular weight excluding hydrogens is 304 g/mol. The van der Waals surface area contributed by atoms with Crippen LogP contribution in [0.25, 0.3) is 0 Å². The van der Waals surface area contributed by atoms with Crippen molar-refractivity contribution in [3.05, 3.63) is 23.8 Å². The Bertz CT molecular complexity index is 541. The van der Waals surface area contributed by atoms with Gasteiger partial charge in [0.1, 0.15) is 17.9 Å². The lowest BCUT2D eigenvalue weighted by atomic mass is 10.2. The predicted octanol–water partition coefficient (Wildman–Crippen LogP) is 2.59. The molecule has 0 aliphatic rings. The first-order chi connectivity index (χ1) is 10.2. The first-order valence-corrected chi connectivity index (χ1v) is 7.43. The second-order valence-corrected chi connectivity index (χ2v) is 5.91. The Morgan fingerprint density at radius 3 is 2.50 bits per heavy atom. The van der Waals surface area contributed by atoms with Crippen molar-refractivity contribution in [2.75, 3.05) is 19.0 Å². The third kappa shape index (κ3) is 6.26. The highest BCUT2D eigenvalue weighted by Crippen LogP contribution is 2.26. The Kier molecular flexibility index (Phi) is 6.55. The predicted molar refractivity (Wildman–Crippen MR) is 88.6 cm³/mol. The van der Waals surface area contributed by atoms with Gasteiger partial charge in [0.25, 0.3) is 0 Å². The van der Waals surface area contributed by atoms with E-state index in [2.05, 4.69) is 23.3 Å². The van der Waals surface area contributed by atoms with Gasteiger partial charge in [-0.25, -0.2) is 4.79 Å². The number of anilines is 1. The monoisotopic (exact) mass is 326 g/mol. The number of rotatable bonds is 5. The third-order valence-corrected chi connectivity index (χ3v) is 2.88. The van der Waals surface area contributed by atoms with Crippen LogP contribution < -0.4 is 15.4 Å². The van der Waals surface area contributed by atoms with Crippen LogP contribution in [0.1, 0.15) is 26.3 Å². The molecule has 0 fully saturated rings. The van der Waals surface area contributed by atoms with E-state index in [4.69, 9.17) is 9.47 Å². The molecule has 6 nitrogen and oxygen atoms in total. The highest BCUT2D eigenvalue weighted by molar-refractivity contribution is 7.79. The summed E-state index contributed by atoms with van der Waals surface area (Å²) in [6.45, 7) is 5.06. The summed E-state index contributed by atoms with van der Waals surface area (Å²) in [5.41, 5.74) is 0.870. The van der Waals surface area contributed by atoms with Crippen LogP contribution in [0.15, 0.2) is 18.2 Å². The second kappa shape index (κ2) is 7.93. The largest absolute Gasteiger partial charge is 0.495 e. The van der Waals surface area contributed by atoms with Crippen LogP contribution in [-0.4, -0.2) is 31.3 Å². The molecule has 0 heterocycles. The summed E-state index contributed by atoms with van der Waals surface area (Å²) in [4.78, 5) is 23.4. The minimum atomic E-state index is -0.640. The van der Waals surface area contributed by atoms with Crippen molar-refractivity contribution in [1.82, 2.24) is 5.32 Å². The summed E-state index contributed by atoms with van der Waals surface area (Å²) in [6, 6.07) is 5.39. The van der Waals surface area contributed by atoms with Crippen molar-refractivity contribution in [1.29, 1.82) is 0 Å². The number of benzene rings is 1. The third-order valence-electron chi connectivity index (χ3n) is 2.51. The van der Waals surface area contributed by atoms with Crippen LogP contribution in [0.4, 0.5) is 10.5 Å². The molecule has 0 aliphatic carbocycles. The van der Waals surface area contributed by atoms with E-state index in [0.29, 0.717) is 17.2 Å². The SMILES string of the molecule is COc1ccc(CS)cc1NC(=O)CNC(=O)OC(C)(C)C. The Balaban J connectivity index is 2.60.